The van der Waals surface area contributed by atoms with Crippen LogP contribution in [0.3, 0.4) is 0 Å². The second kappa shape index (κ2) is 10.7. The Labute approximate surface area is 223 Å². The molecule has 0 bridgehead atoms. The molecule has 0 aliphatic heterocycles. The molecule has 3 aromatic carbocycles. The second-order valence-corrected chi connectivity index (χ2v) is 9.45. The van der Waals surface area contributed by atoms with Crippen molar-refractivity contribution in [2.24, 2.45) is 0 Å². The number of halogens is 3. The van der Waals surface area contributed by atoms with Crippen molar-refractivity contribution in [3.8, 4) is 22.4 Å². The van der Waals surface area contributed by atoms with Gasteiger partial charge in [0.2, 0.25) is 0 Å². The zero-order valence-corrected chi connectivity index (χ0v) is 21.4. The van der Waals surface area contributed by atoms with Gasteiger partial charge in [0.1, 0.15) is 0 Å². The highest BCUT2D eigenvalue weighted by Crippen LogP contribution is 2.31. The molecule has 1 N–H and O–H groups in total. The lowest BCUT2D eigenvalue weighted by Crippen LogP contribution is -2.15. The van der Waals surface area contributed by atoms with E-state index in [1.807, 2.05) is 38.4 Å². The van der Waals surface area contributed by atoms with E-state index < -0.39 is 17.6 Å². The Balaban J connectivity index is 1.45. The van der Waals surface area contributed by atoms with Gasteiger partial charge in [0.15, 0.2) is 5.65 Å². The molecule has 0 radical (unpaired) electrons. The first kappa shape index (κ1) is 26.1. The summed E-state index contributed by atoms with van der Waals surface area (Å²) in [5.74, 6) is -0.631. The van der Waals surface area contributed by atoms with Crippen molar-refractivity contribution >= 4 is 17.2 Å². The van der Waals surface area contributed by atoms with Crippen LogP contribution in [0.4, 0.5) is 18.9 Å². The maximum absolute atomic E-state index is 13.1. The number of anilines is 1. The van der Waals surface area contributed by atoms with Crippen molar-refractivity contribution < 1.29 is 18.0 Å². The Kier molecular flexibility index (Phi) is 7.17. The normalized spacial score (nSPS) is 11.7. The molecule has 5 aromatic rings. The summed E-state index contributed by atoms with van der Waals surface area (Å²) in [5.41, 5.74) is 4.90. The number of carbonyl (C=O) groups excluding carboxylic acids is 1. The molecule has 198 valence electrons. The number of rotatable bonds is 7. The van der Waals surface area contributed by atoms with Crippen LogP contribution < -0.4 is 5.32 Å². The number of carbonyl (C=O) groups is 1. The number of fused-ring (bicyclic) bond motifs is 1. The van der Waals surface area contributed by atoms with E-state index in [0.717, 1.165) is 47.5 Å². The van der Waals surface area contributed by atoms with E-state index in [2.05, 4.69) is 32.4 Å². The maximum atomic E-state index is 13.1. The van der Waals surface area contributed by atoms with E-state index in [1.165, 1.54) is 17.7 Å². The minimum Gasteiger partial charge on any atom is -0.322 e. The quantitative estimate of drug-likeness (QED) is 0.264. The average Bonchev–Trinajstić information content (AvgIpc) is 3.36. The van der Waals surface area contributed by atoms with Gasteiger partial charge < -0.3 is 10.2 Å². The number of nitrogens with one attached hydrogen (secondary N) is 1. The minimum absolute atomic E-state index is 0.0776. The predicted molar refractivity (Wildman–Crippen MR) is 146 cm³/mol. The Morgan fingerprint density at radius 3 is 2.54 bits per heavy atom. The highest BCUT2D eigenvalue weighted by molar-refractivity contribution is 6.04. The van der Waals surface area contributed by atoms with Crippen LogP contribution in [0.25, 0.3) is 28.0 Å². The Bertz CT molecular complexity index is 1640. The summed E-state index contributed by atoms with van der Waals surface area (Å²) in [6.07, 6.45) is -0.127. The number of hydrogen-bond donors (Lipinski definition) is 1. The molecule has 0 atom stereocenters. The first-order valence-corrected chi connectivity index (χ1v) is 12.4. The molecule has 0 spiro atoms. The SMILES string of the molecule is CN(C)CCc1ccccc1-c1cnn2c(-c3cccc(NC(=O)c4cccc(C(F)(F)F)c4)c3)ccnc12. The third kappa shape index (κ3) is 5.68. The van der Waals surface area contributed by atoms with Gasteiger partial charge in [0.25, 0.3) is 5.91 Å². The van der Waals surface area contributed by atoms with Gasteiger partial charge in [0, 0.05) is 35.1 Å². The van der Waals surface area contributed by atoms with Crippen molar-refractivity contribution in [3.63, 3.8) is 0 Å². The van der Waals surface area contributed by atoms with Crippen LogP contribution in [0, 0.1) is 0 Å². The van der Waals surface area contributed by atoms with Gasteiger partial charge in [-0.3, -0.25) is 4.79 Å². The summed E-state index contributed by atoms with van der Waals surface area (Å²) >= 11 is 0. The van der Waals surface area contributed by atoms with Crippen molar-refractivity contribution in [2.75, 3.05) is 26.0 Å². The van der Waals surface area contributed by atoms with Gasteiger partial charge in [-0.05, 0) is 68.0 Å². The summed E-state index contributed by atoms with van der Waals surface area (Å²) in [6, 6.07) is 21.5. The van der Waals surface area contributed by atoms with Crippen LogP contribution in [0.15, 0.2) is 91.3 Å². The molecule has 0 aliphatic carbocycles. The molecule has 0 fully saturated rings. The standard InChI is InChI=1S/C30H26F3N5O/c1-37(2)16-14-20-7-3-4-12-25(20)26-19-35-38-27(13-15-34-28(26)38)21-8-6-11-24(18-21)36-29(39)22-9-5-10-23(17-22)30(31,32)33/h3-13,15,17-19H,14,16H2,1-2H3,(H,36,39). The van der Waals surface area contributed by atoms with Crippen molar-refractivity contribution in [2.45, 2.75) is 12.6 Å². The van der Waals surface area contributed by atoms with Crippen molar-refractivity contribution in [1.82, 2.24) is 19.5 Å². The third-order valence-electron chi connectivity index (χ3n) is 6.41. The molecule has 1 amide bonds. The number of alkyl halides is 3. The molecule has 0 aliphatic rings. The molecule has 2 aromatic heterocycles. The van der Waals surface area contributed by atoms with Gasteiger partial charge in [-0.2, -0.15) is 18.3 Å². The van der Waals surface area contributed by atoms with E-state index in [4.69, 9.17) is 0 Å². The number of nitrogens with zero attached hydrogens (tertiary/aromatic N) is 4. The fourth-order valence-corrected chi connectivity index (χ4v) is 4.44. The van der Waals surface area contributed by atoms with Crippen molar-refractivity contribution in [3.05, 3.63) is 108 Å². The monoisotopic (exact) mass is 529 g/mol. The number of benzene rings is 3. The predicted octanol–water partition coefficient (Wildman–Crippen LogP) is 6.44. The molecular formula is C30H26F3N5O. The first-order valence-electron chi connectivity index (χ1n) is 12.4. The van der Waals surface area contributed by atoms with Crippen LogP contribution in [0.1, 0.15) is 21.5 Å². The molecule has 0 saturated heterocycles. The largest absolute Gasteiger partial charge is 0.416 e. The second-order valence-electron chi connectivity index (χ2n) is 9.45. The molecule has 6 nitrogen and oxygen atoms in total. The molecule has 2 heterocycles. The van der Waals surface area contributed by atoms with Crippen LogP contribution in [-0.4, -0.2) is 46.0 Å². The van der Waals surface area contributed by atoms with E-state index in [9.17, 15) is 18.0 Å². The van der Waals surface area contributed by atoms with E-state index in [0.29, 0.717) is 11.3 Å². The van der Waals surface area contributed by atoms with E-state index in [1.54, 1.807) is 35.1 Å². The van der Waals surface area contributed by atoms with Crippen LogP contribution in [0.2, 0.25) is 0 Å². The summed E-state index contributed by atoms with van der Waals surface area (Å²) in [4.78, 5) is 19.5. The molecule has 0 saturated carbocycles. The zero-order valence-electron chi connectivity index (χ0n) is 21.4. The summed E-state index contributed by atoms with van der Waals surface area (Å²) in [7, 11) is 4.09. The number of amides is 1. The molecule has 9 heteroatoms. The summed E-state index contributed by atoms with van der Waals surface area (Å²) in [6.45, 7) is 0.911. The van der Waals surface area contributed by atoms with Gasteiger partial charge in [-0.15, -0.1) is 0 Å². The Morgan fingerprint density at radius 2 is 1.74 bits per heavy atom. The minimum atomic E-state index is -4.53. The number of aromatic nitrogens is 3. The van der Waals surface area contributed by atoms with Crippen LogP contribution in [0.5, 0.6) is 0 Å². The molecule has 0 unspecified atom stereocenters. The van der Waals surface area contributed by atoms with Gasteiger partial charge in [-0.25, -0.2) is 9.50 Å². The Morgan fingerprint density at radius 1 is 0.949 bits per heavy atom. The fourth-order valence-electron chi connectivity index (χ4n) is 4.44. The van der Waals surface area contributed by atoms with Crippen LogP contribution in [-0.2, 0) is 12.6 Å². The average molecular weight is 530 g/mol. The summed E-state index contributed by atoms with van der Waals surface area (Å²) < 4.78 is 41.0. The van der Waals surface area contributed by atoms with Gasteiger partial charge >= 0.3 is 6.18 Å². The fraction of sp³-hybridized carbons (Fsp3) is 0.167. The van der Waals surface area contributed by atoms with Crippen molar-refractivity contribution in [1.29, 1.82) is 0 Å². The number of likely N-dealkylation sites (N-methyl/N-ethyl adjacent to an activating group) is 1. The van der Waals surface area contributed by atoms with Gasteiger partial charge in [0.05, 0.1) is 17.5 Å². The lowest BCUT2D eigenvalue weighted by molar-refractivity contribution is -0.137. The molecule has 39 heavy (non-hydrogen) atoms. The first-order chi connectivity index (χ1) is 18.7. The smallest absolute Gasteiger partial charge is 0.322 e. The Hall–Kier alpha value is -4.50. The lowest BCUT2D eigenvalue weighted by Gasteiger charge is -2.13. The highest BCUT2D eigenvalue weighted by atomic mass is 19.4. The lowest BCUT2D eigenvalue weighted by atomic mass is 9.99. The molecule has 5 rings (SSSR count). The van der Waals surface area contributed by atoms with E-state index >= 15 is 0 Å². The zero-order chi connectivity index (χ0) is 27.6. The maximum Gasteiger partial charge on any atom is 0.416 e. The molecular weight excluding hydrogens is 503 g/mol. The van der Waals surface area contributed by atoms with Crippen LogP contribution >= 0.6 is 0 Å². The third-order valence-corrected chi connectivity index (χ3v) is 6.41. The van der Waals surface area contributed by atoms with Gasteiger partial charge in [-0.1, -0.05) is 42.5 Å². The summed E-state index contributed by atoms with van der Waals surface area (Å²) in [5, 5.41) is 7.33. The topological polar surface area (TPSA) is 62.5 Å². The van der Waals surface area contributed by atoms with E-state index in [-0.39, 0.29) is 5.56 Å². The highest BCUT2D eigenvalue weighted by Gasteiger charge is 2.31. The number of hydrogen-bond acceptors (Lipinski definition) is 4.